The summed E-state index contributed by atoms with van der Waals surface area (Å²) in [6, 6.07) is 6.33. The monoisotopic (exact) mass is 984 g/mol. The number of hydrogen-bond donors (Lipinski definition) is 10. The average Bonchev–Trinajstić information content (AvgIpc) is 4.06. The lowest BCUT2D eigenvalue weighted by molar-refractivity contribution is -0.143. The van der Waals surface area contributed by atoms with Gasteiger partial charge in [-0.3, -0.25) is 43.3 Å². The number of rotatable bonds is 13. The molecule has 5 rings (SSSR count). The van der Waals surface area contributed by atoms with Crippen molar-refractivity contribution in [1.29, 1.82) is 0 Å². The van der Waals surface area contributed by atoms with Gasteiger partial charge >= 0.3 is 0 Å². The molecule has 8 amide bonds. The van der Waals surface area contributed by atoms with Crippen molar-refractivity contribution in [3.05, 3.63) is 83.9 Å². The lowest BCUT2D eigenvalue weighted by atomic mass is 9.96. The molecule has 2 aliphatic rings. The van der Waals surface area contributed by atoms with E-state index < -0.39 is 108 Å². The second kappa shape index (κ2) is 25.9. The fourth-order valence-corrected chi connectivity index (χ4v) is 8.55. The van der Waals surface area contributed by atoms with Crippen molar-refractivity contribution < 1.29 is 43.5 Å². The van der Waals surface area contributed by atoms with Crippen LogP contribution in [0.25, 0.3) is 0 Å². The van der Waals surface area contributed by atoms with E-state index in [1.807, 2.05) is 6.92 Å². The van der Waals surface area contributed by atoms with Gasteiger partial charge in [-0.15, -0.1) is 0 Å². The molecule has 0 saturated carbocycles. The van der Waals surface area contributed by atoms with Crippen LogP contribution in [0.2, 0.25) is 0 Å². The maximum atomic E-state index is 14.7. The van der Waals surface area contributed by atoms with Gasteiger partial charge in [0, 0.05) is 51.3 Å². The van der Waals surface area contributed by atoms with Crippen molar-refractivity contribution in [2.45, 2.75) is 121 Å². The van der Waals surface area contributed by atoms with E-state index in [1.165, 1.54) is 36.6 Å². The van der Waals surface area contributed by atoms with Crippen molar-refractivity contribution in [3.8, 4) is 5.75 Å². The number of H-pyrrole nitrogens is 1. The molecule has 2 fully saturated rings. The molecule has 0 spiro atoms. The minimum Gasteiger partial charge on any atom is -0.508 e. The van der Waals surface area contributed by atoms with Crippen LogP contribution in [0, 0.1) is 11.8 Å². The number of carbonyl (C=O) groups is 8. The van der Waals surface area contributed by atoms with Crippen LogP contribution in [0.15, 0.2) is 72.1 Å². The quantitative estimate of drug-likeness (QED) is 0.0576. The predicted octanol–water partition coefficient (Wildman–Crippen LogP) is -0.729. The van der Waals surface area contributed by atoms with Crippen molar-refractivity contribution in [2.24, 2.45) is 28.3 Å². The Hall–Kier alpha value is -7.52. The number of imidazole rings is 1. The van der Waals surface area contributed by atoms with E-state index in [-0.39, 0.29) is 63.3 Å². The molecule has 8 atom stereocenters. The van der Waals surface area contributed by atoms with Crippen LogP contribution < -0.4 is 43.4 Å². The highest BCUT2D eigenvalue weighted by atomic mass is 16.3. The van der Waals surface area contributed by atoms with Crippen LogP contribution in [0.4, 0.5) is 0 Å². The molecule has 1 aromatic heterocycles. The summed E-state index contributed by atoms with van der Waals surface area (Å²) in [5.41, 5.74) is 12.8. The van der Waals surface area contributed by atoms with Gasteiger partial charge in [-0.05, 0) is 60.8 Å². The zero-order chi connectivity index (χ0) is 51.8. The fraction of sp³-hybridized carbons (Fsp3) is 0.510. The van der Waals surface area contributed by atoms with Crippen LogP contribution in [0.3, 0.4) is 0 Å². The van der Waals surface area contributed by atoms with Crippen LogP contribution in [-0.2, 0) is 57.6 Å². The number of aromatic hydroxyl groups is 1. The highest BCUT2D eigenvalue weighted by Gasteiger charge is 2.41. The third-order valence-corrected chi connectivity index (χ3v) is 12.7. The van der Waals surface area contributed by atoms with Crippen LogP contribution >= 0.6 is 0 Å². The number of aliphatic imine (C=N–C) groups is 1. The van der Waals surface area contributed by atoms with Gasteiger partial charge in [-0.2, -0.15) is 0 Å². The molecule has 12 N–H and O–H groups in total. The Labute approximate surface area is 413 Å². The summed E-state index contributed by atoms with van der Waals surface area (Å²) < 4.78 is 0. The molecular formula is C49H69N13O9. The Balaban J connectivity index is 1.57. The molecule has 0 radical (unpaired) electrons. The van der Waals surface area contributed by atoms with E-state index in [4.69, 9.17) is 11.5 Å². The first kappa shape index (κ1) is 54.4. The van der Waals surface area contributed by atoms with Gasteiger partial charge in [-0.1, -0.05) is 76.6 Å². The Morgan fingerprint density at radius 1 is 0.732 bits per heavy atom. The Bertz CT molecular complexity index is 2340. The number of carbonyl (C=O) groups excluding carboxylic acids is 8. The summed E-state index contributed by atoms with van der Waals surface area (Å²) >= 11 is 0. The van der Waals surface area contributed by atoms with E-state index in [2.05, 4.69) is 46.9 Å². The van der Waals surface area contributed by atoms with E-state index in [1.54, 1.807) is 63.2 Å². The minimum absolute atomic E-state index is 0.00937. The molecule has 22 heteroatoms. The molecule has 2 saturated heterocycles. The number of likely N-dealkylation sites (N-methyl/N-ethyl adjacent to an activating group) is 1. The van der Waals surface area contributed by atoms with Crippen molar-refractivity contribution in [2.75, 3.05) is 26.7 Å². The van der Waals surface area contributed by atoms with Gasteiger partial charge in [0.2, 0.25) is 47.3 Å². The molecule has 0 aliphatic carbocycles. The summed E-state index contributed by atoms with van der Waals surface area (Å²) in [5.74, 6) is -6.78. The van der Waals surface area contributed by atoms with Gasteiger partial charge in [0.1, 0.15) is 48.0 Å². The molecule has 3 aromatic rings. The van der Waals surface area contributed by atoms with Gasteiger partial charge in [-0.25, -0.2) is 4.98 Å². The normalized spacial score (nSPS) is 24.1. The molecular weight excluding hydrogens is 915 g/mol. The van der Waals surface area contributed by atoms with E-state index in [0.29, 0.717) is 29.7 Å². The fourth-order valence-electron chi connectivity index (χ4n) is 8.55. The molecule has 3 heterocycles. The Kier molecular flexibility index (Phi) is 19.9. The molecule has 2 aromatic carbocycles. The molecule has 22 nitrogen and oxygen atoms in total. The third-order valence-electron chi connectivity index (χ3n) is 12.7. The largest absolute Gasteiger partial charge is 0.508 e. The highest BCUT2D eigenvalue weighted by Crippen LogP contribution is 2.22. The van der Waals surface area contributed by atoms with E-state index in [9.17, 15) is 43.5 Å². The zero-order valence-corrected chi connectivity index (χ0v) is 41.0. The van der Waals surface area contributed by atoms with Gasteiger partial charge < -0.3 is 63.3 Å². The zero-order valence-electron chi connectivity index (χ0n) is 41.0. The van der Waals surface area contributed by atoms with Gasteiger partial charge in [0.25, 0.3) is 0 Å². The number of benzene rings is 2. The van der Waals surface area contributed by atoms with Crippen molar-refractivity contribution in [3.63, 3.8) is 0 Å². The first-order valence-corrected chi connectivity index (χ1v) is 24.1. The number of nitrogens with one attached hydrogen (secondary N) is 7. The summed E-state index contributed by atoms with van der Waals surface area (Å²) in [4.78, 5) is 128. The second-order valence-electron chi connectivity index (χ2n) is 18.6. The highest BCUT2D eigenvalue weighted by molar-refractivity contribution is 5.99. The van der Waals surface area contributed by atoms with Gasteiger partial charge in [0.15, 0.2) is 5.96 Å². The second-order valence-corrected chi connectivity index (χ2v) is 18.6. The molecule has 0 bridgehead atoms. The Morgan fingerprint density at radius 2 is 1.34 bits per heavy atom. The number of guanidine groups is 1. The number of hydrogen-bond acceptors (Lipinski definition) is 11. The minimum atomic E-state index is -1.34. The molecule has 2 aliphatic heterocycles. The summed E-state index contributed by atoms with van der Waals surface area (Å²) in [6.07, 6.45) is 4.11. The maximum Gasteiger partial charge on any atom is 0.246 e. The third kappa shape index (κ3) is 15.7. The maximum absolute atomic E-state index is 14.7. The Morgan fingerprint density at radius 3 is 1.99 bits per heavy atom. The standard InChI is InChI=1S/C49H69N13O9/c1-6-29(4)41-46(69)58-37(24-32-25-52-27-54-32)48(71)62-21-11-15-38(62)44(67)57-36(23-30-12-8-7-9-13-30)47(70)61(5)26-39(64)55-34(14-10-20-53-49(50)51)42(65)59-40(28(2)3)45(68)56-35(43(66)60-41)22-31-16-18-33(63)19-17-31/h7-9,12-13,16-19,25,27-29,34-38,40-41,63H,6,10-11,14-15,20-24,26H2,1-5H3,(H,52,54)(H,55,64)(H,56,68)(H,57,67)(H,58,69)(H,59,65)(H,60,66)(H4,50,51,53)/t29-,34-,35-,36-,37-,38-,40-,41-/m0/s1. The number of nitrogens with two attached hydrogens (primary N) is 2. The summed E-state index contributed by atoms with van der Waals surface area (Å²) in [7, 11) is 1.38. The number of phenolic OH excluding ortho intramolecular Hbond substituents is 1. The van der Waals surface area contributed by atoms with E-state index in [0.717, 1.165) is 4.90 Å². The number of aromatic nitrogens is 2. The topological polar surface area (TPSA) is 329 Å². The SMILES string of the molecule is CC[C@H](C)[C@@H]1NC(=O)[C@H](Cc2ccc(O)cc2)NC(=O)[C@H](C(C)C)NC(=O)[C@H](CCCN=C(N)N)NC(=O)CN(C)C(=O)[C@H](Cc2ccccc2)NC(=O)[C@@H]2CCCN2C(=O)[C@H](Cc2cnc[nH]2)NC1=O. The number of phenols is 1. The smallest absolute Gasteiger partial charge is 0.246 e. The van der Waals surface area contributed by atoms with Crippen LogP contribution in [0.1, 0.15) is 76.6 Å². The van der Waals surface area contributed by atoms with Gasteiger partial charge in [0.05, 0.1) is 12.9 Å². The molecule has 0 unspecified atom stereocenters. The summed E-state index contributed by atoms with van der Waals surface area (Å²) in [6.45, 7) is 6.66. The molecule has 71 heavy (non-hydrogen) atoms. The first-order valence-electron chi connectivity index (χ1n) is 24.1. The number of fused-ring (bicyclic) bond motifs is 1. The first-order chi connectivity index (χ1) is 33.8. The lowest BCUT2D eigenvalue weighted by Gasteiger charge is -2.32. The molecule has 384 valence electrons. The van der Waals surface area contributed by atoms with Crippen molar-refractivity contribution in [1.82, 2.24) is 51.7 Å². The number of aromatic amines is 1. The van der Waals surface area contributed by atoms with Crippen LogP contribution in [0.5, 0.6) is 5.75 Å². The summed E-state index contributed by atoms with van der Waals surface area (Å²) in [5, 5.41) is 26.8. The predicted molar refractivity (Wildman–Crippen MR) is 262 cm³/mol. The van der Waals surface area contributed by atoms with Crippen LogP contribution in [-0.4, -0.2) is 147 Å². The lowest BCUT2D eigenvalue weighted by Crippen LogP contribution is -2.62. The van der Waals surface area contributed by atoms with Crippen molar-refractivity contribution >= 4 is 53.2 Å². The van der Waals surface area contributed by atoms with E-state index >= 15 is 0 Å². The average molecular weight is 984 g/mol. The number of nitrogens with zero attached hydrogens (tertiary/aromatic N) is 4. The number of amides is 8.